The lowest BCUT2D eigenvalue weighted by atomic mass is 10.1. The van der Waals surface area contributed by atoms with Crippen LogP contribution in [0.15, 0.2) is 18.3 Å². The fourth-order valence-electron chi connectivity index (χ4n) is 2.37. The number of aromatic nitrogens is 1. The number of pyridine rings is 1. The van der Waals surface area contributed by atoms with Gasteiger partial charge < -0.3 is 10.0 Å². The fraction of sp³-hybridized carbons (Fsp3) is 0.688. The first kappa shape index (κ1) is 16.0. The van der Waals surface area contributed by atoms with Gasteiger partial charge in [0, 0.05) is 18.8 Å². The molecule has 0 radical (unpaired) electrons. The summed E-state index contributed by atoms with van der Waals surface area (Å²) in [5, 5.41) is 9.55. The number of hydrogen-bond acceptors (Lipinski definition) is 3. The average Bonchev–Trinajstić information content (AvgIpc) is 2.38. The fourth-order valence-corrected chi connectivity index (χ4v) is 2.37. The minimum Gasteiger partial charge on any atom is -0.389 e. The van der Waals surface area contributed by atoms with Gasteiger partial charge in [0.15, 0.2) is 0 Å². The molecule has 1 N–H and O–H groups in total. The SMILES string of the molecule is CCC(CC)N(CC(C)C)c1ccc(C(C)O)cn1. The Hall–Kier alpha value is -1.09. The van der Waals surface area contributed by atoms with Gasteiger partial charge in [-0.05, 0) is 37.3 Å². The van der Waals surface area contributed by atoms with Crippen LogP contribution >= 0.6 is 0 Å². The second-order valence-electron chi connectivity index (χ2n) is 5.64. The lowest BCUT2D eigenvalue weighted by molar-refractivity contribution is 0.199. The van der Waals surface area contributed by atoms with Crippen LogP contribution in [-0.2, 0) is 0 Å². The van der Waals surface area contributed by atoms with Crippen LogP contribution in [0.25, 0.3) is 0 Å². The lowest BCUT2D eigenvalue weighted by Crippen LogP contribution is -2.38. The van der Waals surface area contributed by atoms with Gasteiger partial charge in [0.25, 0.3) is 0 Å². The molecule has 1 heterocycles. The van der Waals surface area contributed by atoms with Crippen molar-refractivity contribution < 1.29 is 5.11 Å². The zero-order valence-corrected chi connectivity index (χ0v) is 12.9. The lowest BCUT2D eigenvalue weighted by Gasteiger charge is -2.33. The molecule has 0 amide bonds. The molecule has 0 aliphatic heterocycles. The standard InChI is InChI=1S/C16H28N2O/c1-6-15(7-2)18(11-12(3)4)16-9-8-14(10-17-16)13(5)19/h8-10,12-13,15,19H,6-7,11H2,1-5H3. The Morgan fingerprint density at radius 3 is 2.16 bits per heavy atom. The first-order chi connectivity index (χ1) is 8.99. The molecule has 1 aromatic rings. The van der Waals surface area contributed by atoms with Crippen molar-refractivity contribution in [3.05, 3.63) is 23.9 Å². The van der Waals surface area contributed by atoms with E-state index in [1.807, 2.05) is 12.1 Å². The highest BCUT2D eigenvalue weighted by Gasteiger charge is 2.18. The molecule has 0 spiro atoms. The van der Waals surface area contributed by atoms with Crippen molar-refractivity contribution in [1.82, 2.24) is 4.98 Å². The quantitative estimate of drug-likeness (QED) is 0.814. The van der Waals surface area contributed by atoms with Crippen molar-refractivity contribution in [2.24, 2.45) is 5.92 Å². The molecule has 19 heavy (non-hydrogen) atoms. The van der Waals surface area contributed by atoms with Crippen molar-refractivity contribution in [1.29, 1.82) is 0 Å². The van der Waals surface area contributed by atoms with Crippen LogP contribution in [0.3, 0.4) is 0 Å². The number of aliphatic hydroxyl groups excluding tert-OH is 1. The van der Waals surface area contributed by atoms with E-state index in [0.717, 1.165) is 30.8 Å². The molecule has 0 saturated carbocycles. The molecule has 0 aromatic carbocycles. The third-order valence-electron chi connectivity index (χ3n) is 3.49. The van der Waals surface area contributed by atoms with Crippen molar-refractivity contribution in [3.8, 4) is 0 Å². The van der Waals surface area contributed by atoms with Crippen LogP contribution in [0.4, 0.5) is 5.82 Å². The van der Waals surface area contributed by atoms with E-state index >= 15 is 0 Å². The zero-order chi connectivity index (χ0) is 14.4. The molecule has 1 aromatic heterocycles. The van der Waals surface area contributed by atoms with E-state index in [2.05, 4.69) is 37.6 Å². The van der Waals surface area contributed by atoms with Gasteiger partial charge >= 0.3 is 0 Å². The highest BCUT2D eigenvalue weighted by molar-refractivity contribution is 5.41. The molecular formula is C16H28N2O. The highest BCUT2D eigenvalue weighted by atomic mass is 16.3. The third kappa shape index (κ3) is 4.50. The Morgan fingerprint density at radius 1 is 1.16 bits per heavy atom. The summed E-state index contributed by atoms with van der Waals surface area (Å²) in [6.07, 6.45) is 3.59. The number of aliphatic hydroxyl groups is 1. The average molecular weight is 264 g/mol. The summed E-state index contributed by atoms with van der Waals surface area (Å²) in [4.78, 5) is 6.94. The smallest absolute Gasteiger partial charge is 0.128 e. The van der Waals surface area contributed by atoms with Gasteiger partial charge in [-0.1, -0.05) is 33.8 Å². The molecule has 0 bridgehead atoms. The second kappa shape index (κ2) is 7.49. The maximum Gasteiger partial charge on any atom is 0.128 e. The first-order valence-corrected chi connectivity index (χ1v) is 7.40. The van der Waals surface area contributed by atoms with Crippen molar-refractivity contribution in [2.45, 2.75) is 59.6 Å². The maximum atomic E-state index is 9.55. The first-order valence-electron chi connectivity index (χ1n) is 7.40. The van der Waals surface area contributed by atoms with E-state index in [1.165, 1.54) is 0 Å². The Bertz CT molecular complexity index is 356. The Balaban J connectivity index is 2.96. The second-order valence-corrected chi connectivity index (χ2v) is 5.64. The molecule has 1 rings (SSSR count). The van der Waals surface area contributed by atoms with E-state index in [1.54, 1.807) is 13.1 Å². The molecule has 3 heteroatoms. The minimum absolute atomic E-state index is 0.451. The molecular weight excluding hydrogens is 236 g/mol. The van der Waals surface area contributed by atoms with Crippen LogP contribution in [0, 0.1) is 5.92 Å². The largest absolute Gasteiger partial charge is 0.389 e. The summed E-state index contributed by atoms with van der Waals surface area (Å²) in [6, 6.07) is 4.54. The Morgan fingerprint density at radius 2 is 1.79 bits per heavy atom. The summed E-state index contributed by atoms with van der Waals surface area (Å²) < 4.78 is 0. The van der Waals surface area contributed by atoms with Gasteiger partial charge in [0.2, 0.25) is 0 Å². The number of anilines is 1. The molecule has 0 aliphatic rings. The summed E-state index contributed by atoms with van der Waals surface area (Å²) in [6.45, 7) is 11.7. The van der Waals surface area contributed by atoms with Crippen molar-refractivity contribution in [3.63, 3.8) is 0 Å². The zero-order valence-electron chi connectivity index (χ0n) is 12.9. The maximum absolute atomic E-state index is 9.55. The van der Waals surface area contributed by atoms with Crippen LogP contribution in [-0.4, -0.2) is 22.7 Å². The van der Waals surface area contributed by atoms with Crippen LogP contribution < -0.4 is 4.90 Å². The van der Waals surface area contributed by atoms with Crippen molar-refractivity contribution >= 4 is 5.82 Å². The minimum atomic E-state index is -0.451. The normalized spacial score (nSPS) is 13.1. The molecule has 108 valence electrons. The van der Waals surface area contributed by atoms with E-state index in [4.69, 9.17) is 0 Å². The van der Waals surface area contributed by atoms with Crippen LogP contribution in [0.1, 0.15) is 59.1 Å². The van der Waals surface area contributed by atoms with Crippen LogP contribution in [0.2, 0.25) is 0 Å². The molecule has 0 saturated heterocycles. The monoisotopic (exact) mass is 264 g/mol. The van der Waals surface area contributed by atoms with Gasteiger partial charge in [-0.3, -0.25) is 0 Å². The number of nitrogens with zero attached hydrogens (tertiary/aromatic N) is 2. The molecule has 1 unspecified atom stereocenters. The predicted molar refractivity (Wildman–Crippen MR) is 81.4 cm³/mol. The van der Waals surface area contributed by atoms with Gasteiger partial charge in [-0.2, -0.15) is 0 Å². The van der Waals surface area contributed by atoms with Gasteiger partial charge in [-0.15, -0.1) is 0 Å². The van der Waals surface area contributed by atoms with E-state index in [0.29, 0.717) is 12.0 Å². The number of hydrogen-bond donors (Lipinski definition) is 1. The number of rotatable bonds is 7. The highest BCUT2D eigenvalue weighted by Crippen LogP contribution is 2.21. The summed E-state index contributed by atoms with van der Waals surface area (Å²) in [5.74, 6) is 1.63. The van der Waals surface area contributed by atoms with E-state index < -0.39 is 6.10 Å². The Labute approximate surface area is 117 Å². The van der Waals surface area contributed by atoms with Crippen LogP contribution in [0.5, 0.6) is 0 Å². The molecule has 1 atom stereocenters. The van der Waals surface area contributed by atoms with E-state index in [9.17, 15) is 5.11 Å². The van der Waals surface area contributed by atoms with E-state index in [-0.39, 0.29) is 0 Å². The van der Waals surface area contributed by atoms with Gasteiger partial charge in [0.05, 0.1) is 6.10 Å². The predicted octanol–water partition coefficient (Wildman–Crippen LogP) is 3.79. The molecule has 0 aliphatic carbocycles. The summed E-state index contributed by atoms with van der Waals surface area (Å²) in [7, 11) is 0. The molecule has 3 nitrogen and oxygen atoms in total. The van der Waals surface area contributed by atoms with Gasteiger partial charge in [-0.25, -0.2) is 4.98 Å². The summed E-state index contributed by atoms with van der Waals surface area (Å²) in [5.41, 5.74) is 0.873. The topological polar surface area (TPSA) is 36.4 Å². The third-order valence-corrected chi connectivity index (χ3v) is 3.49. The summed E-state index contributed by atoms with van der Waals surface area (Å²) >= 11 is 0. The Kier molecular flexibility index (Phi) is 6.29. The molecule has 0 fully saturated rings. The van der Waals surface area contributed by atoms with Gasteiger partial charge in [0.1, 0.15) is 5.82 Å². The van der Waals surface area contributed by atoms with Crippen molar-refractivity contribution in [2.75, 3.05) is 11.4 Å².